The first-order valence-electron chi connectivity index (χ1n) is 6.52. The van der Waals surface area contributed by atoms with Crippen molar-refractivity contribution in [3.05, 3.63) is 24.3 Å². The lowest BCUT2D eigenvalue weighted by Gasteiger charge is -2.23. The summed E-state index contributed by atoms with van der Waals surface area (Å²) in [6.45, 7) is 7.85. The molecule has 0 aliphatic rings. The molecule has 108 valence electrons. The molecule has 1 atom stereocenters. The van der Waals surface area contributed by atoms with Crippen molar-refractivity contribution in [3.8, 4) is 5.75 Å². The Kier molecular flexibility index (Phi) is 5.82. The molecule has 1 unspecified atom stereocenters. The van der Waals surface area contributed by atoms with Gasteiger partial charge in [-0.15, -0.1) is 0 Å². The number of sulfone groups is 1. The summed E-state index contributed by atoms with van der Waals surface area (Å²) < 4.78 is 28.9. The summed E-state index contributed by atoms with van der Waals surface area (Å²) in [5, 5.41) is 3.25. The molecule has 0 aromatic heterocycles. The summed E-state index contributed by atoms with van der Waals surface area (Å²) in [6, 6.07) is 6.65. The van der Waals surface area contributed by atoms with Crippen molar-refractivity contribution in [1.29, 1.82) is 0 Å². The van der Waals surface area contributed by atoms with E-state index in [0.717, 1.165) is 13.1 Å². The Labute approximate surface area is 116 Å². The van der Waals surface area contributed by atoms with E-state index in [4.69, 9.17) is 4.74 Å². The topological polar surface area (TPSA) is 55.4 Å². The lowest BCUT2D eigenvalue weighted by Crippen LogP contribution is -2.35. The number of hydrogen-bond acceptors (Lipinski definition) is 4. The molecule has 0 saturated heterocycles. The largest absolute Gasteiger partial charge is 0.489 e. The van der Waals surface area contributed by atoms with E-state index < -0.39 is 9.84 Å². The molecule has 0 amide bonds. The number of benzene rings is 1. The van der Waals surface area contributed by atoms with Crippen molar-refractivity contribution in [2.24, 2.45) is 5.92 Å². The van der Waals surface area contributed by atoms with Crippen LogP contribution >= 0.6 is 0 Å². The lowest BCUT2D eigenvalue weighted by molar-refractivity contribution is 0.149. The Hall–Kier alpha value is -1.07. The molecule has 1 aromatic rings. The Morgan fingerprint density at radius 2 is 2.00 bits per heavy atom. The zero-order valence-electron chi connectivity index (χ0n) is 12.0. The fourth-order valence-electron chi connectivity index (χ4n) is 1.65. The van der Waals surface area contributed by atoms with Crippen LogP contribution in [0, 0.1) is 5.92 Å². The zero-order chi connectivity index (χ0) is 14.5. The average molecular weight is 285 g/mol. The van der Waals surface area contributed by atoms with Gasteiger partial charge in [0.05, 0.1) is 4.90 Å². The minimum Gasteiger partial charge on any atom is -0.489 e. The van der Waals surface area contributed by atoms with Crippen molar-refractivity contribution in [1.82, 2.24) is 5.32 Å². The van der Waals surface area contributed by atoms with E-state index in [2.05, 4.69) is 19.2 Å². The van der Waals surface area contributed by atoms with Gasteiger partial charge >= 0.3 is 0 Å². The highest BCUT2D eigenvalue weighted by atomic mass is 32.2. The fourth-order valence-corrected chi connectivity index (χ4v) is 2.31. The van der Waals surface area contributed by atoms with Gasteiger partial charge in [-0.05, 0) is 30.7 Å². The van der Waals surface area contributed by atoms with Crippen LogP contribution in [-0.4, -0.2) is 33.9 Å². The van der Waals surface area contributed by atoms with Crippen LogP contribution in [0.15, 0.2) is 29.2 Å². The number of nitrogens with one attached hydrogen (secondary N) is 1. The zero-order valence-corrected chi connectivity index (χ0v) is 12.8. The highest BCUT2D eigenvalue weighted by molar-refractivity contribution is 7.90. The van der Waals surface area contributed by atoms with Gasteiger partial charge in [-0.1, -0.05) is 26.8 Å². The molecule has 5 heteroatoms. The molecule has 0 radical (unpaired) electrons. The molecule has 1 rings (SSSR count). The maximum Gasteiger partial charge on any atom is 0.175 e. The molecule has 0 spiro atoms. The standard InChI is InChI=1S/C14H23NO3S/c1-5-15-10-14(11(2)3)18-12-7-6-8-13(9-12)19(4,16)17/h6-9,11,14-15H,5,10H2,1-4H3. The monoisotopic (exact) mass is 285 g/mol. The van der Waals surface area contributed by atoms with Gasteiger partial charge in [-0.2, -0.15) is 0 Å². The van der Waals surface area contributed by atoms with Gasteiger partial charge in [0.25, 0.3) is 0 Å². The molecule has 1 N–H and O–H groups in total. The molecule has 0 aliphatic carbocycles. The quantitative estimate of drug-likeness (QED) is 0.833. The van der Waals surface area contributed by atoms with E-state index in [1.165, 1.54) is 6.26 Å². The van der Waals surface area contributed by atoms with E-state index in [1.807, 2.05) is 6.92 Å². The molecule has 0 aliphatic heterocycles. The second kappa shape index (κ2) is 6.91. The second-order valence-corrected chi connectivity index (χ2v) is 6.97. The van der Waals surface area contributed by atoms with Gasteiger partial charge in [0, 0.05) is 12.8 Å². The van der Waals surface area contributed by atoms with Gasteiger partial charge < -0.3 is 10.1 Å². The van der Waals surface area contributed by atoms with Gasteiger partial charge in [0.2, 0.25) is 0 Å². The Morgan fingerprint density at radius 1 is 1.32 bits per heavy atom. The first-order valence-corrected chi connectivity index (χ1v) is 8.41. The number of rotatable bonds is 7. The number of hydrogen-bond donors (Lipinski definition) is 1. The average Bonchev–Trinajstić information content (AvgIpc) is 2.33. The molecular weight excluding hydrogens is 262 g/mol. The Morgan fingerprint density at radius 3 is 2.53 bits per heavy atom. The first kappa shape index (κ1) is 16.0. The summed E-state index contributed by atoms with van der Waals surface area (Å²) in [4.78, 5) is 0.288. The van der Waals surface area contributed by atoms with Crippen LogP contribution < -0.4 is 10.1 Å². The van der Waals surface area contributed by atoms with Gasteiger partial charge in [-0.3, -0.25) is 0 Å². The fraction of sp³-hybridized carbons (Fsp3) is 0.571. The van der Waals surface area contributed by atoms with Gasteiger partial charge in [0.1, 0.15) is 11.9 Å². The van der Waals surface area contributed by atoms with E-state index in [-0.39, 0.29) is 11.0 Å². The first-order chi connectivity index (χ1) is 8.84. The van der Waals surface area contributed by atoms with Crippen molar-refractivity contribution in [3.63, 3.8) is 0 Å². The van der Waals surface area contributed by atoms with Crippen molar-refractivity contribution in [2.45, 2.75) is 31.8 Å². The predicted octanol–water partition coefficient (Wildman–Crippen LogP) is 2.10. The van der Waals surface area contributed by atoms with Crippen LogP contribution in [0.2, 0.25) is 0 Å². The third-order valence-corrected chi connectivity index (χ3v) is 3.97. The van der Waals surface area contributed by atoms with E-state index >= 15 is 0 Å². The normalized spacial score (nSPS) is 13.5. The van der Waals surface area contributed by atoms with Gasteiger partial charge in [-0.25, -0.2) is 8.42 Å². The predicted molar refractivity (Wildman–Crippen MR) is 77.3 cm³/mol. The number of ether oxygens (including phenoxy) is 1. The summed E-state index contributed by atoms with van der Waals surface area (Å²) >= 11 is 0. The third kappa shape index (κ3) is 5.20. The maximum atomic E-state index is 11.5. The van der Waals surface area contributed by atoms with Crippen LogP contribution in [-0.2, 0) is 9.84 Å². The highest BCUT2D eigenvalue weighted by Gasteiger charge is 2.16. The molecule has 0 saturated carbocycles. The lowest BCUT2D eigenvalue weighted by atomic mass is 10.1. The van der Waals surface area contributed by atoms with Crippen molar-refractivity contribution >= 4 is 9.84 Å². The van der Waals surface area contributed by atoms with Crippen LogP contribution in [0.4, 0.5) is 0 Å². The van der Waals surface area contributed by atoms with E-state index in [1.54, 1.807) is 24.3 Å². The molecule has 19 heavy (non-hydrogen) atoms. The van der Waals surface area contributed by atoms with Crippen LogP contribution in [0.25, 0.3) is 0 Å². The van der Waals surface area contributed by atoms with E-state index in [9.17, 15) is 8.42 Å². The van der Waals surface area contributed by atoms with E-state index in [0.29, 0.717) is 11.7 Å². The second-order valence-electron chi connectivity index (χ2n) is 4.96. The SMILES string of the molecule is CCNCC(Oc1cccc(S(C)(=O)=O)c1)C(C)C. The smallest absolute Gasteiger partial charge is 0.175 e. The highest BCUT2D eigenvalue weighted by Crippen LogP contribution is 2.20. The Balaban J connectivity index is 2.85. The van der Waals surface area contributed by atoms with Crippen molar-refractivity contribution in [2.75, 3.05) is 19.3 Å². The van der Waals surface area contributed by atoms with Crippen molar-refractivity contribution < 1.29 is 13.2 Å². The minimum atomic E-state index is -3.19. The summed E-state index contributed by atoms with van der Waals surface area (Å²) in [5.74, 6) is 0.945. The van der Waals surface area contributed by atoms with Gasteiger partial charge in [0.15, 0.2) is 9.84 Å². The van der Waals surface area contributed by atoms with Crippen LogP contribution in [0.5, 0.6) is 5.75 Å². The molecule has 0 heterocycles. The molecular formula is C14H23NO3S. The van der Waals surface area contributed by atoms with Crippen LogP contribution in [0.3, 0.4) is 0 Å². The maximum absolute atomic E-state index is 11.5. The summed E-state index contributed by atoms with van der Waals surface area (Å²) in [5.41, 5.74) is 0. The minimum absolute atomic E-state index is 0.0229. The molecule has 4 nitrogen and oxygen atoms in total. The molecule has 0 fully saturated rings. The van der Waals surface area contributed by atoms with Crippen LogP contribution in [0.1, 0.15) is 20.8 Å². The Bertz CT molecular complexity index is 497. The molecule has 0 bridgehead atoms. The number of likely N-dealkylation sites (N-methyl/N-ethyl adjacent to an activating group) is 1. The molecule has 1 aromatic carbocycles. The summed E-state index contributed by atoms with van der Waals surface area (Å²) in [7, 11) is -3.19. The third-order valence-electron chi connectivity index (χ3n) is 2.86. The summed E-state index contributed by atoms with van der Waals surface area (Å²) in [6.07, 6.45) is 1.22.